The monoisotopic (exact) mass is 1360 g/mol. The first-order valence-electron chi connectivity index (χ1n) is 45.7. The molecule has 0 heterocycles. The Morgan fingerprint density at radius 1 is 0.263 bits per heavy atom. The van der Waals surface area contributed by atoms with Crippen molar-refractivity contribution in [3.63, 3.8) is 0 Å². The third kappa shape index (κ3) is 27.5. The lowest BCUT2D eigenvalue weighted by atomic mass is 9.52. The summed E-state index contributed by atoms with van der Waals surface area (Å²) in [5.41, 5.74) is 9.49. The van der Waals surface area contributed by atoms with E-state index in [2.05, 4.69) is 156 Å². The predicted molar refractivity (Wildman–Crippen MR) is 446 cm³/mol. The fourth-order valence-corrected chi connectivity index (χ4v) is 22.2. The highest BCUT2D eigenvalue weighted by Gasteiger charge is 2.55. The summed E-state index contributed by atoms with van der Waals surface area (Å²) in [6, 6.07) is 26.6. The standard InChI is InChI=1S/C22H22.C17H32.C16H28.C16H30.C12H22.C10H20.3C2H6/c1-3-17-5-9-19(10-6-17)21-13-15-22(16-14-21)20-11-7-18(4-2)8-12-20;1-3-14-5-9-16(10-6-14)13-17-11-7-15(4-2)8-12-17;1-3-5-11-7-14-13-9-12(6-4-2)15(10-13)16(14)8-11;1-3-13-5-9-15(10-6-13)16-11-7-14(4-2)8-12-16;1-3-11-5-8-12(4-2,9-6-11)10-7-11;1-3-9-5-7-10(4-2)8-6-9;3*1-2/h5-16H,3-4H2,1-2H3;14-17H,3-13H2,1-2H3;11-16H,3-10H2,1-2H3;13-16H,3-12H2,1-2H3;3-10H2,1-2H3;9-10H,3-8H2,1-2H3;3*1-2H3. The number of aryl methyl sites for hydroxylation is 2. The van der Waals surface area contributed by atoms with Gasteiger partial charge in [0.05, 0.1) is 0 Å². The van der Waals surface area contributed by atoms with Crippen LogP contribution >= 0.6 is 0 Å². The Balaban J connectivity index is 0.000000214. The van der Waals surface area contributed by atoms with Gasteiger partial charge in [0.2, 0.25) is 0 Å². The van der Waals surface area contributed by atoms with Gasteiger partial charge in [-0.1, -0.05) is 377 Å². The zero-order valence-corrected chi connectivity index (χ0v) is 70.0. The average Bonchev–Trinajstić information content (AvgIpc) is 1.63. The summed E-state index contributed by atoms with van der Waals surface area (Å²) in [6.45, 7) is 40.0. The molecule has 3 aromatic rings. The maximum absolute atomic E-state index is 2.39. The molecule has 0 aliphatic heterocycles. The normalized spacial score (nSPS) is 33.0. The second-order valence-electron chi connectivity index (χ2n) is 34.7. The Hall–Kier alpha value is -2.34. The zero-order chi connectivity index (χ0) is 72.0. The van der Waals surface area contributed by atoms with Crippen molar-refractivity contribution in [1.29, 1.82) is 0 Å². The van der Waals surface area contributed by atoms with Crippen LogP contribution in [0, 0.1) is 106 Å². The molecule has 11 saturated carbocycles. The molecule has 0 nitrogen and oxygen atoms in total. The molecule has 0 heteroatoms. The Morgan fingerprint density at radius 2 is 0.535 bits per heavy atom. The van der Waals surface area contributed by atoms with E-state index in [1.807, 2.05) is 41.5 Å². The molecule has 0 spiro atoms. The molecule has 0 N–H and O–H groups in total. The van der Waals surface area contributed by atoms with Gasteiger partial charge in [0.1, 0.15) is 0 Å². The van der Waals surface area contributed by atoms with Crippen LogP contribution in [0.5, 0.6) is 0 Å². The molecule has 0 radical (unpaired) electrons. The number of rotatable bonds is 19. The molecule has 11 aliphatic carbocycles. The molecular weight excluding hydrogens is 1190 g/mol. The summed E-state index contributed by atoms with van der Waals surface area (Å²) in [7, 11) is 0. The van der Waals surface area contributed by atoms with Gasteiger partial charge in [0.25, 0.3) is 0 Å². The third-order valence-electron chi connectivity index (χ3n) is 29.9. The molecule has 4 bridgehead atoms. The smallest absolute Gasteiger partial charge is 0.0184 e. The SMILES string of the molecule is CC.CC.CC.CCC12CCC(CC)(CC1)CC2.CCC1CCC(C2CCC(CC)CC2)CC1.CCC1CCC(CC)CC1.CCC1CCC(CC2CCC(CC)CC2)CC1.CCCC1CC2C3CC(CCC)C(C3)C2C1.CCc1ccc(-c2ccc(-c3ccc(CC)cc3)cc2)cc1. The maximum atomic E-state index is 2.39. The first kappa shape index (κ1) is 87.3. The van der Waals surface area contributed by atoms with E-state index in [9.17, 15) is 0 Å². The van der Waals surface area contributed by atoms with Gasteiger partial charge in [-0.3, -0.25) is 0 Å². The van der Waals surface area contributed by atoms with Gasteiger partial charge in [-0.2, -0.15) is 0 Å². The Kier molecular flexibility index (Phi) is 42.9. The van der Waals surface area contributed by atoms with Gasteiger partial charge in [0, 0.05) is 0 Å². The van der Waals surface area contributed by atoms with Crippen molar-refractivity contribution in [3.8, 4) is 22.3 Å². The number of hydrogen-bond acceptors (Lipinski definition) is 0. The lowest BCUT2D eigenvalue weighted by molar-refractivity contribution is -0.0134. The van der Waals surface area contributed by atoms with Crippen LogP contribution in [0.2, 0.25) is 0 Å². The average molecular weight is 1360 g/mol. The Bertz CT molecular complexity index is 2210. The van der Waals surface area contributed by atoms with E-state index in [0.29, 0.717) is 0 Å². The number of fused-ring (bicyclic) bond motifs is 8. The molecule has 99 heavy (non-hydrogen) atoms. The zero-order valence-electron chi connectivity index (χ0n) is 70.0. The summed E-state index contributed by atoms with van der Waals surface area (Å²) in [4.78, 5) is 0. The molecule has 568 valence electrons. The van der Waals surface area contributed by atoms with E-state index in [0.717, 1.165) is 107 Å². The second-order valence-corrected chi connectivity index (χ2v) is 34.7. The van der Waals surface area contributed by atoms with Crippen molar-refractivity contribution in [2.75, 3.05) is 0 Å². The highest BCUT2D eigenvalue weighted by molar-refractivity contribution is 5.70. The fraction of sp³-hybridized carbons (Fsp3) is 0.818. The maximum Gasteiger partial charge on any atom is -0.0184 e. The molecule has 6 atom stereocenters. The molecule has 0 saturated heterocycles. The van der Waals surface area contributed by atoms with E-state index in [1.165, 1.54) is 238 Å². The molecule has 0 amide bonds. The topological polar surface area (TPSA) is 0 Å². The van der Waals surface area contributed by atoms with Gasteiger partial charge in [-0.05, 0) is 248 Å². The minimum atomic E-state index is 0.802. The van der Waals surface area contributed by atoms with Crippen LogP contribution in [0.3, 0.4) is 0 Å². The van der Waals surface area contributed by atoms with Crippen molar-refractivity contribution in [2.45, 2.75) is 414 Å². The van der Waals surface area contributed by atoms with Crippen LogP contribution in [-0.4, -0.2) is 0 Å². The van der Waals surface area contributed by atoms with Crippen molar-refractivity contribution < 1.29 is 0 Å². The first-order chi connectivity index (χ1) is 48.4. The summed E-state index contributed by atoms with van der Waals surface area (Å²) in [5, 5.41) is 0. The number of benzene rings is 3. The summed E-state index contributed by atoms with van der Waals surface area (Å²) in [5.74, 6) is 17.8. The lowest BCUT2D eigenvalue weighted by Gasteiger charge is -2.53. The number of hydrogen-bond donors (Lipinski definition) is 0. The van der Waals surface area contributed by atoms with Crippen molar-refractivity contribution in [2.24, 2.45) is 106 Å². The molecular formula is C99H172. The fourth-order valence-electron chi connectivity index (χ4n) is 22.2. The van der Waals surface area contributed by atoms with E-state index in [-0.39, 0.29) is 0 Å². The summed E-state index contributed by atoms with van der Waals surface area (Å²) in [6.07, 6.45) is 67.5. The molecule has 14 rings (SSSR count). The van der Waals surface area contributed by atoms with Crippen LogP contribution in [0.15, 0.2) is 72.8 Å². The van der Waals surface area contributed by atoms with E-state index in [1.54, 1.807) is 83.5 Å². The van der Waals surface area contributed by atoms with Crippen LogP contribution in [-0.2, 0) is 12.8 Å². The molecule has 0 aromatic heterocycles. The first-order valence-corrected chi connectivity index (χ1v) is 45.7. The third-order valence-corrected chi connectivity index (χ3v) is 29.9. The van der Waals surface area contributed by atoms with E-state index < -0.39 is 0 Å². The van der Waals surface area contributed by atoms with Gasteiger partial charge in [-0.25, -0.2) is 0 Å². The van der Waals surface area contributed by atoms with Gasteiger partial charge in [0.15, 0.2) is 0 Å². The highest BCUT2D eigenvalue weighted by atomic mass is 14.6. The quantitative estimate of drug-likeness (QED) is 0.112. The van der Waals surface area contributed by atoms with E-state index >= 15 is 0 Å². The molecule has 6 unspecified atom stereocenters. The van der Waals surface area contributed by atoms with Crippen molar-refractivity contribution in [3.05, 3.63) is 83.9 Å². The lowest BCUT2D eigenvalue weighted by Crippen LogP contribution is -2.40. The van der Waals surface area contributed by atoms with Crippen molar-refractivity contribution >= 4 is 0 Å². The molecule has 11 fully saturated rings. The van der Waals surface area contributed by atoms with E-state index in [4.69, 9.17) is 0 Å². The highest BCUT2D eigenvalue weighted by Crippen LogP contribution is 2.64. The van der Waals surface area contributed by atoms with Crippen LogP contribution < -0.4 is 0 Å². The Labute approximate surface area is 621 Å². The van der Waals surface area contributed by atoms with Gasteiger partial charge >= 0.3 is 0 Å². The van der Waals surface area contributed by atoms with Crippen molar-refractivity contribution in [1.82, 2.24) is 0 Å². The Morgan fingerprint density at radius 3 is 0.808 bits per heavy atom. The van der Waals surface area contributed by atoms with Gasteiger partial charge < -0.3 is 0 Å². The minimum absolute atomic E-state index is 0.802. The van der Waals surface area contributed by atoms with Gasteiger partial charge in [-0.15, -0.1) is 0 Å². The molecule has 11 aliphatic rings. The second kappa shape index (κ2) is 48.7. The predicted octanol–water partition coefficient (Wildman–Crippen LogP) is 33.1. The largest absolute Gasteiger partial charge is 0.0683 e. The minimum Gasteiger partial charge on any atom is -0.0683 e. The van der Waals surface area contributed by atoms with Crippen LogP contribution in [0.4, 0.5) is 0 Å². The summed E-state index contributed by atoms with van der Waals surface area (Å²) >= 11 is 0. The van der Waals surface area contributed by atoms with Crippen LogP contribution in [0.1, 0.15) is 412 Å². The molecule has 3 aromatic carbocycles. The van der Waals surface area contributed by atoms with Crippen LogP contribution in [0.25, 0.3) is 22.3 Å². The summed E-state index contributed by atoms with van der Waals surface area (Å²) < 4.78 is 0.